The highest BCUT2D eigenvalue weighted by molar-refractivity contribution is 5.69. The molecule has 13 heavy (non-hydrogen) atoms. The Morgan fingerprint density at radius 1 is 1.31 bits per heavy atom. The van der Waals surface area contributed by atoms with Crippen LogP contribution in [0.3, 0.4) is 0 Å². The van der Waals surface area contributed by atoms with E-state index >= 15 is 0 Å². The minimum Gasteiger partial charge on any atom is -0.466 e. The first-order valence-electron chi connectivity index (χ1n) is 5.09. The van der Waals surface area contributed by atoms with Crippen LogP contribution < -0.4 is 5.73 Å². The van der Waals surface area contributed by atoms with Crippen LogP contribution in [0.25, 0.3) is 0 Å². The maximum absolute atomic E-state index is 11.1. The molecule has 0 aromatic heterocycles. The first-order chi connectivity index (χ1) is 6.08. The lowest BCUT2D eigenvalue weighted by atomic mass is 9.89. The highest BCUT2D eigenvalue weighted by Crippen LogP contribution is 2.15. The van der Waals surface area contributed by atoms with E-state index in [1.165, 1.54) is 0 Å². The fraction of sp³-hybridized carbons (Fsp3) is 0.900. The van der Waals surface area contributed by atoms with Gasteiger partial charge < -0.3 is 10.5 Å². The summed E-state index contributed by atoms with van der Waals surface area (Å²) in [6, 6.07) is 0. The third kappa shape index (κ3) is 4.88. The molecule has 78 valence electrons. The number of carbonyl (C=O) groups excluding carboxylic acids is 1. The second-order valence-electron chi connectivity index (χ2n) is 3.51. The van der Waals surface area contributed by atoms with Gasteiger partial charge in [0.15, 0.2) is 0 Å². The van der Waals surface area contributed by atoms with E-state index in [4.69, 9.17) is 4.74 Å². The van der Waals surface area contributed by atoms with Crippen LogP contribution in [0.2, 0.25) is 0 Å². The highest BCUT2D eigenvalue weighted by atomic mass is 16.5. The van der Waals surface area contributed by atoms with Crippen LogP contribution >= 0.6 is 0 Å². The number of ether oxygens (including phenoxy) is 1. The Bertz CT molecular complexity index is 153. The summed E-state index contributed by atoms with van der Waals surface area (Å²) in [6.07, 6.45) is 3.36. The van der Waals surface area contributed by atoms with E-state index < -0.39 is 0 Å². The molecule has 0 aliphatic carbocycles. The molecule has 0 fully saturated rings. The lowest BCUT2D eigenvalue weighted by Crippen LogP contribution is -2.72. The first kappa shape index (κ1) is 12.4. The topological polar surface area (TPSA) is 53.9 Å². The van der Waals surface area contributed by atoms with Crippen molar-refractivity contribution in [3.8, 4) is 0 Å². The molecule has 0 unspecified atom stereocenters. The average molecular weight is 188 g/mol. The summed E-state index contributed by atoms with van der Waals surface area (Å²) >= 11 is 0. The van der Waals surface area contributed by atoms with Crippen LogP contribution in [-0.4, -0.2) is 18.1 Å². The molecule has 0 spiro atoms. The van der Waals surface area contributed by atoms with Gasteiger partial charge in [-0.1, -0.05) is 13.8 Å². The Morgan fingerprint density at radius 3 is 2.23 bits per heavy atom. The van der Waals surface area contributed by atoms with Crippen LogP contribution in [0, 0.1) is 0 Å². The summed E-state index contributed by atoms with van der Waals surface area (Å²) in [5, 5.41) is 0. The third-order valence-corrected chi connectivity index (χ3v) is 2.66. The van der Waals surface area contributed by atoms with Crippen LogP contribution in [0.5, 0.6) is 0 Å². The van der Waals surface area contributed by atoms with Crippen molar-refractivity contribution in [2.75, 3.05) is 6.61 Å². The molecule has 0 aliphatic heterocycles. The predicted octanol–water partition coefficient (Wildman–Crippen LogP) is 1.13. The summed E-state index contributed by atoms with van der Waals surface area (Å²) in [5.74, 6) is -0.0996. The van der Waals surface area contributed by atoms with Gasteiger partial charge in [0, 0.05) is 6.42 Å². The largest absolute Gasteiger partial charge is 0.466 e. The van der Waals surface area contributed by atoms with E-state index in [1.54, 1.807) is 0 Å². The van der Waals surface area contributed by atoms with E-state index in [0.717, 1.165) is 19.3 Å². The number of hydrogen-bond acceptors (Lipinski definition) is 2. The lowest BCUT2D eigenvalue weighted by Gasteiger charge is -2.21. The van der Waals surface area contributed by atoms with Gasteiger partial charge in [0.1, 0.15) is 0 Å². The molecule has 0 saturated carbocycles. The first-order valence-corrected chi connectivity index (χ1v) is 5.09. The van der Waals surface area contributed by atoms with Crippen LogP contribution in [0.4, 0.5) is 0 Å². The fourth-order valence-corrected chi connectivity index (χ4v) is 1.20. The number of quaternary nitrogens is 1. The maximum atomic E-state index is 11.1. The number of esters is 1. The van der Waals surface area contributed by atoms with Gasteiger partial charge in [-0.05, 0) is 19.8 Å². The zero-order valence-corrected chi connectivity index (χ0v) is 9.06. The van der Waals surface area contributed by atoms with E-state index in [1.807, 2.05) is 6.92 Å². The summed E-state index contributed by atoms with van der Waals surface area (Å²) in [7, 11) is 0. The van der Waals surface area contributed by atoms with Crippen LogP contribution in [0.1, 0.15) is 46.5 Å². The molecule has 0 atom stereocenters. The maximum Gasteiger partial charge on any atom is 0.306 e. The normalized spacial score (nSPS) is 11.4. The Kier molecular flexibility index (Phi) is 5.71. The van der Waals surface area contributed by atoms with Crippen LogP contribution in [-0.2, 0) is 9.53 Å². The summed E-state index contributed by atoms with van der Waals surface area (Å²) < 4.78 is 4.86. The van der Waals surface area contributed by atoms with Gasteiger partial charge in [0.25, 0.3) is 0 Å². The van der Waals surface area contributed by atoms with Gasteiger partial charge in [-0.25, -0.2) is 0 Å². The Balaban J connectivity index is 3.78. The molecule has 0 radical (unpaired) electrons. The zero-order chi connectivity index (χ0) is 10.3. The average Bonchev–Trinajstić information content (AvgIpc) is 2.15. The van der Waals surface area contributed by atoms with Gasteiger partial charge in [0.05, 0.1) is 18.6 Å². The minimum absolute atomic E-state index is 0.0623. The van der Waals surface area contributed by atoms with Gasteiger partial charge in [-0.3, -0.25) is 4.79 Å². The molecule has 3 heteroatoms. The van der Waals surface area contributed by atoms with Crippen molar-refractivity contribution >= 4 is 5.97 Å². The van der Waals surface area contributed by atoms with Gasteiger partial charge >= 0.3 is 5.97 Å². The van der Waals surface area contributed by atoms with Crippen molar-refractivity contribution < 1.29 is 15.3 Å². The van der Waals surface area contributed by atoms with Crippen molar-refractivity contribution in [2.24, 2.45) is 0 Å². The molecule has 0 bridgehead atoms. The molecular formula is C10H22NO2+. The van der Waals surface area contributed by atoms with E-state index in [9.17, 15) is 4.79 Å². The summed E-state index contributed by atoms with van der Waals surface area (Å²) in [4.78, 5) is 11.1. The van der Waals surface area contributed by atoms with Crippen molar-refractivity contribution in [3.05, 3.63) is 0 Å². The van der Waals surface area contributed by atoms with Crippen molar-refractivity contribution in [3.63, 3.8) is 0 Å². The molecule has 0 rings (SSSR count). The lowest BCUT2D eigenvalue weighted by molar-refractivity contribution is -0.481. The molecular weight excluding hydrogens is 166 g/mol. The minimum atomic E-state index is -0.0996. The van der Waals surface area contributed by atoms with Gasteiger partial charge in [0.2, 0.25) is 0 Å². The molecule has 0 aliphatic rings. The smallest absolute Gasteiger partial charge is 0.306 e. The fourth-order valence-electron chi connectivity index (χ4n) is 1.20. The number of hydrogen-bond donors (Lipinski definition) is 1. The highest BCUT2D eigenvalue weighted by Gasteiger charge is 2.25. The third-order valence-electron chi connectivity index (χ3n) is 2.66. The molecule has 0 amide bonds. The Labute approximate surface area is 80.6 Å². The number of rotatable bonds is 6. The molecule has 0 saturated heterocycles. The van der Waals surface area contributed by atoms with E-state index in [2.05, 4.69) is 19.6 Å². The molecule has 0 aromatic carbocycles. The van der Waals surface area contributed by atoms with Gasteiger partial charge in [-0.15, -0.1) is 0 Å². The second kappa shape index (κ2) is 5.97. The second-order valence-corrected chi connectivity index (χ2v) is 3.51. The molecule has 0 aromatic rings. The zero-order valence-electron chi connectivity index (χ0n) is 9.06. The van der Waals surface area contributed by atoms with E-state index in [-0.39, 0.29) is 11.5 Å². The van der Waals surface area contributed by atoms with Crippen molar-refractivity contribution in [1.82, 2.24) is 0 Å². The summed E-state index contributed by atoms with van der Waals surface area (Å²) in [6.45, 7) is 6.53. The van der Waals surface area contributed by atoms with E-state index in [0.29, 0.717) is 13.0 Å². The molecule has 3 N–H and O–H groups in total. The quantitative estimate of drug-likeness (QED) is 0.635. The van der Waals surface area contributed by atoms with Crippen LogP contribution in [0.15, 0.2) is 0 Å². The van der Waals surface area contributed by atoms with Crippen molar-refractivity contribution in [2.45, 2.75) is 52.0 Å². The monoisotopic (exact) mass is 188 g/mol. The summed E-state index contributed by atoms with van der Waals surface area (Å²) in [5.41, 5.74) is 4.19. The Hall–Kier alpha value is -0.570. The predicted molar refractivity (Wildman–Crippen MR) is 52.1 cm³/mol. The SMILES string of the molecule is CCOC(=O)CCC([NH3+])(CC)CC. The Morgan fingerprint density at radius 2 is 1.85 bits per heavy atom. The number of carbonyl (C=O) groups is 1. The molecule has 0 heterocycles. The standard InChI is InChI=1S/C10H21NO2/c1-4-10(11,5-2)8-7-9(12)13-6-3/h4-8,11H2,1-3H3/p+1. The van der Waals surface area contributed by atoms with Crippen molar-refractivity contribution in [1.29, 1.82) is 0 Å². The molecule has 3 nitrogen and oxygen atoms in total. The van der Waals surface area contributed by atoms with Gasteiger partial charge in [-0.2, -0.15) is 0 Å².